The second-order valence-electron chi connectivity index (χ2n) is 8.19. The third-order valence-corrected chi connectivity index (χ3v) is 5.38. The second kappa shape index (κ2) is 13.3. The largest absolute Gasteiger partial charge is 0.490 e. The molecule has 7 heteroatoms. The highest BCUT2D eigenvalue weighted by Gasteiger charge is 2.07. The zero-order valence-electron chi connectivity index (χ0n) is 20.4. The Hall–Kier alpha value is -4.78. The van der Waals surface area contributed by atoms with Crippen LogP contribution in [0.4, 0.5) is 11.4 Å². The molecule has 0 heterocycles. The molecular weight excluding hydrogens is 466 g/mol. The lowest BCUT2D eigenvalue weighted by Crippen LogP contribution is -2.23. The number of hydrogen-bond donors (Lipinski definition) is 3. The van der Waals surface area contributed by atoms with Crippen LogP contribution in [0, 0.1) is 0 Å². The van der Waals surface area contributed by atoms with Gasteiger partial charge in [0.15, 0.2) is 0 Å². The number of benzene rings is 4. The number of nitrogens with one attached hydrogen (secondary N) is 3. The van der Waals surface area contributed by atoms with Crippen LogP contribution < -0.4 is 25.4 Å². The van der Waals surface area contributed by atoms with E-state index in [0.717, 1.165) is 17.0 Å². The minimum absolute atomic E-state index is 0.0789. The Morgan fingerprint density at radius 1 is 0.649 bits per heavy atom. The average molecular weight is 496 g/mol. The highest BCUT2D eigenvalue weighted by molar-refractivity contribution is 5.95. The van der Waals surface area contributed by atoms with Crippen LogP contribution in [0.5, 0.6) is 11.5 Å². The number of rotatable bonds is 12. The first-order chi connectivity index (χ1) is 18.2. The molecule has 0 bridgehead atoms. The lowest BCUT2D eigenvalue weighted by molar-refractivity contribution is -0.114. The van der Waals surface area contributed by atoms with Crippen LogP contribution in [0.3, 0.4) is 0 Å². The van der Waals surface area contributed by atoms with Crippen molar-refractivity contribution in [2.24, 2.45) is 0 Å². The van der Waals surface area contributed by atoms with Crippen LogP contribution in [0.1, 0.15) is 15.9 Å². The van der Waals surface area contributed by atoms with Crippen molar-refractivity contribution in [2.75, 3.05) is 30.4 Å². The van der Waals surface area contributed by atoms with Gasteiger partial charge in [-0.15, -0.1) is 0 Å². The zero-order valence-corrected chi connectivity index (χ0v) is 20.4. The monoisotopic (exact) mass is 495 g/mol. The smallest absolute Gasteiger partial charge is 0.251 e. The normalized spacial score (nSPS) is 10.3. The Morgan fingerprint density at radius 2 is 1.30 bits per heavy atom. The van der Waals surface area contributed by atoms with Gasteiger partial charge in [-0.1, -0.05) is 54.6 Å². The molecule has 188 valence electrons. The summed E-state index contributed by atoms with van der Waals surface area (Å²) in [5.74, 6) is 1.08. The molecule has 0 fully saturated rings. The number of carbonyl (C=O) groups is 2. The Labute approximate surface area is 216 Å². The van der Waals surface area contributed by atoms with Gasteiger partial charge in [0.05, 0.1) is 6.54 Å². The molecule has 0 aliphatic carbocycles. The Balaban J connectivity index is 1.18. The van der Waals surface area contributed by atoms with Gasteiger partial charge in [0.2, 0.25) is 5.91 Å². The molecule has 7 nitrogen and oxygen atoms in total. The van der Waals surface area contributed by atoms with Gasteiger partial charge in [-0.25, -0.2) is 0 Å². The van der Waals surface area contributed by atoms with Gasteiger partial charge >= 0.3 is 0 Å². The van der Waals surface area contributed by atoms with Crippen molar-refractivity contribution in [2.45, 2.75) is 6.54 Å². The summed E-state index contributed by atoms with van der Waals surface area (Å²) in [6.45, 7) is 1.34. The van der Waals surface area contributed by atoms with Gasteiger partial charge in [-0.2, -0.15) is 0 Å². The van der Waals surface area contributed by atoms with Crippen molar-refractivity contribution >= 4 is 23.2 Å². The van der Waals surface area contributed by atoms with E-state index < -0.39 is 0 Å². The summed E-state index contributed by atoms with van der Waals surface area (Å²) in [7, 11) is 0. The topological polar surface area (TPSA) is 88.7 Å². The van der Waals surface area contributed by atoms with Gasteiger partial charge in [0.25, 0.3) is 5.91 Å². The second-order valence-corrected chi connectivity index (χ2v) is 8.19. The van der Waals surface area contributed by atoms with Crippen LogP contribution in [0.2, 0.25) is 0 Å². The molecular formula is C30H29N3O4. The van der Waals surface area contributed by atoms with Crippen molar-refractivity contribution in [1.29, 1.82) is 0 Å². The van der Waals surface area contributed by atoms with E-state index in [4.69, 9.17) is 9.47 Å². The molecule has 2 amide bonds. The number of amides is 2. The van der Waals surface area contributed by atoms with Gasteiger partial charge in [-0.3, -0.25) is 9.59 Å². The maximum Gasteiger partial charge on any atom is 0.251 e. The van der Waals surface area contributed by atoms with Gasteiger partial charge < -0.3 is 25.4 Å². The fourth-order valence-electron chi connectivity index (χ4n) is 3.51. The van der Waals surface area contributed by atoms with E-state index in [2.05, 4.69) is 16.0 Å². The number of ether oxygens (including phenoxy) is 2. The van der Waals surface area contributed by atoms with E-state index in [9.17, 15) is 9.59 Å². The molecule has 0 saturated carbocycles. The highest BCUT2D eigenvalue weighted by atomic mass is 16.5. The van der Waals surface area contributed by atoms with Crippen LogP contribution in [0.15, 0.2) is 109 Å². The number of anilines is 2. The predicted octanol–water partition coefficient (Wildman–Crippen LogP) is 5.13. The summed E-state index contributed by atoms with van der Waals surface area (Å²) in [4.78, 5) is 24.8. The minimum Gasteiger partial charge on any atom is -0.490 e. The number of carbonyl (C=O) groups excluding carboxylic acids is 2. The van der Waals surface area contributed by atoms with Gasteiger partial charge in [0.1, 0.15) is 24.7 Å². The van der Waals surface area contributed by atoms with Gasteiger partial charge in [0, 0.05) is 29.5 Å². The molecule has 0 spiro atoms. The first-order valence-electron chi connectivity index (χ1n) is 12.0. The van der Waals surface area contributed by atoms with E-state index in [-0.39, 0.29) is 18.4 Å². The summed E-state index contributed by atoms with van der Waals surface area (Å²) in [6.07, 6.45) is 0. The van der Waals surface area contributed by atoms with Crippen LogP contribution in [0.25, 0.3) is 0 Å². The summed E-state index contributed by atoms with van der Waals surface area (Å²) in [6, 6.07) is 33.5. The quantitative estimate of drug-likeness (QED) is 0.237. The molecule has 3 N–H and O–H groups in total. The lowest BCUT2D eigenvalue weighted by Gasteiger charge is -2.11. The fourth-order valence-corrected chi connectivity index (χ4v) is 3.51. The maximum absolute atomic E-state index is 12.4. The van der Waals surface area contributed by atoms with Crippen LogP contribution in [-0.4, -0.2) is 31.6 Å². The molecule has 0 aromatic heterocycles. The molecule has 0 radical (unpaired) electrons. The van der Waals surface area contributed by atoms with Crippen LogP contribution >= 0.6 is 0 Å². The molecule has 0 aliphatic rings. The average Bonchev–Trinajstić information content (AvgIpc) is 2.94. The van der Waals surface area contributed by atoms with E-state index in [1.54, 1.807) is 36.4 Å². The molecule has 0 unspecified atom stereocenters. The van der Waals surface area contributed by atoms with Crippen LogP contribution in [-0.2, 0) is 11.3 Å². The molecule has 4 aromatic carbocycles. The molecule has 0 aliphatic heterocycles. The zero-order chi connectivity index (χ0) is 25.7. The summed E-state index contributed by atoms with van der Waals surface area (Å²) >= 11 is 0. The summed E-state index contributed by atoms with van der Waals surface area (Å²) in [5.41, 5.74) is 2.97. The third-order valence-electron chi connectivity index (χ3n) is 5.38. The lowest BCUT2D eigenvalue weighted by atomic mass is 10.1. The number of hydrogen-bond acceptors (Lipinski definition) is 5. The van der Waals surface area contributed by atoms with Gasteiger partial charge in [-0.05, 0) is 54.1 Å². The summed E-state index contributed by atoms with van der Waals surface area (Å²) in [5, 5.41) is 8.82. The van der Waals surface area contributed by atoms with E-state index in [1.807, 2.05) is 72.8 Å². The Kier molecular flexibility index (Phi) is 9.13. The molecule has 4 rings (SSSR count). The SMILES string of the molecule is O=C(CNc1ccc(C(=O)NCc2ccccc2)cc1)Nc1cccc(OCCOc2ccccc2)c1. The fraction of sp³-hybridized carbons (Fsp3) is 0.133. The van der Waals surface area contributed by atoms with Crippen molar-refractivity contribution in [3.63, 3.8) is 0 Å². The predicted molar refractivity (Wildman–Crippen MR) is 145 cm³/mol. The third kappa shape index (κ3) is 8.43. The van der Waals surface area contributed by atoms with Crippen molar-refractivity contribution in [3.8, 4) is 11.5 Å². The molecule has 0 atom stereocenters. The van der Waals surface area contributed by atoms with Crippen molar-refractivity contribution in [1.82, 2.24) is 5.32 Å². The molecule has 0 saturated heterocycles. The van der Waals surface area contributed by atoms with Crippen molar-refractivity contribution in [3.05, 3.63) is 120 Å². The van der Waals surface area contributed by atoms with E-state index in [1.165, 1.54) is 0 Å². The Bertz CT molecular complexity index is 1280. The number of para-hydroxylation sites is 1. The van der Waals surface area contributed by atoms with Crippen molar-refractivity contribution < 1.29 is 19.1 Å². The Morgan fingerprint density at radius 3 is 2.03 bits per heavy atom. The first kappa shape index (κ1) is 25.3. The maximum atomic E-state index is 12.4. The molecule has 37 heavy (non-hydrogen) atoms. The standard InChI is InChI=1S/C30H29N3O4/c34-29(33-26-10-7-13-28(20-26)37-19-18-36-27-11-5-2-6-12-27)22-31-25-16-14-24(15-17-25)30(35)32-21-23-8-3-1-4-9-23/h1-17,20,31H,18-19,21-22H2,(H,32,35)(H,33,34). The van der Waals surface area contributed by atoms with E-state index >= 15 is 0 Å². The highest BCUT2D eigenvalue weighted by Crippen LogP contribution is 2.18. The van der Waals surface area contributed by atoms with E-state index in [0.29, 0.717) is 36.8 Å². The summed E-state index contributed by atoms with van der Waals surface area (Å²) < 4.78 is 11.3. The molecule has 4 aromatic rings. The first-order valence-corrected chi connectivity index (χ1v) is 12.0. The minimum atomic E-state index is -0.200.